The van der Waals surface area contributed by atoms with Gasteiger partial charge in [0.1, 0.15) is 0 Å². The Morgan fingerprint density at radius 2 is 2.43 bits per heavy atom. The van der Waals surface area contributed by atoms with E-state index < -0.39 is 0 Å². The monoisotopic (exact) mass is 213 g/mol. The molecule has 1 aromatic rings. The van der Waals surface area contributed by atoms with Gasteiger partial charge in [-0.3, -0.25) is 0 Å². The van der Waals surface area contributed by atoms with Crippen molar-refractivity contribution in [2.45, 2.75) is 32.2 Å². The van der Waals surface area contributed by atoms with Crippen molar-refractivity contribution in [3.05, 3.63) is 17.2 Å². The van der Waals surface area contributed by atoms with Crippen molar-refractivity contribution in [3.63, 3.8) is 0 Å². The van der Waals surface area contributed by atoms with Crippen LogP contribution in [-0.2, 0) is 0 Å². The van der Waals surface area contributed by atoms with Crippen LogP contribution in [0.4, 0.5) is 0 Å². The molecule has 0 amide bonds. The molecule has 0 bridgehead atoms. The molecule has 0 aliphatic carbocycles. The number of H-pyrrole nitrogens is 1. The van der Waals surface area contributed by atoms with Gasteiger partial charge in [0.05, 0.1) is 0 Å². The molecule has 1 aliphatic rings. The highest BCUT2D eigenvalue weighted by molar-refractivity contribution is 6.28. The second-order valence-corrected chi connectivity index (χ2v) is 4.56. The SMILES string of the molecule is CC(C)N1CCC(c2cnc(Cl)[nH]2)C1. The lowest BCUT2D eigenvalue weighted by Crippen LogP contribution is -2.27. The van der Waals surface area contributed by atoms with Gasteiger partial charge in [0.25, 0.3) is 0 Å². The topological polar surface area (TPSA) is 31.9 Å². The van der Waals surface area contributed by atoms with Crippen LogP contribution in [0.1, 0.15) is 31.9 Å². The van der Waals surface area contributed by atoms with E-state index in [2.05, 4.69) is 28.7 Å². The third kappa shape index (κ3) is 1.93. The highest BCUT2D eigenvalue weighted by atomic mass is 35.5. The number of likely N-dealkylation sites (tertiary alicyclic amines) is 1. The van der Waals surface area contributed by atoms with E-state index in [1.54, 1.807) is 0 Å². The molecule has 1 unspecified atom stereocenters. The van der Waals surface area contributed by atoms with Gasteiger partial charge < -0.3 is 9.88 Å². The lowest BCUT2D eigenvalue weighted by atomic mass is 10.1. The third-order valence-corrected chi connectivity index (χ3v) is 3.15. The predicted molar refractivity (Wildman–Crippen MR) is 57.7 cm³/mol. The molecule has 1 N–H and O–H groups in total. The summed E-state index contributed by atoms with van der Waals surface area (Å²) >= 11 is 5.76. The minimum absolute atomic E-state index is 0.503. The molecule has 2 rings (SSSR count). The summed E-state index contributed by atoms with van der Waals surface area (Å²) in [6.45, 7) is 6.78. The lowest BCUT2D eigenvalue weighted by Gasteiger charge is -2.19. The van der Waals surface area contributed by atoms with Gasteiger partial charge in [0, 0.05) is 30.4 Å². The van der Waals surface area contributed by atoms with Crippen LogP contribution < -0.4 is 0 Å². The summed E-state index contributed by atoms with van der Waals surface area (Å²) in [6, 6.07) is 0.637. The molecule has 0 radical (unpaired) electrons. The van der Waals surface area contributed by atoms with Crippen LogP contribution >= 0.6 is 11.6 Å². The maximum absolute atomic E-state index is 5.76. The van der Waals surface area contributed by atoms with Crippen LogP contribution in [0.15, 0.2) is 6.20 Å². The Labute approximate surface area is 89.5 Å². The zero-order chi connectivity index (χ0) is 10.1. The van der Waals surface area contributed by atoms with E-state index in [-0.39, 0.29) is 0 Å². The number of nitrogens with one attached hydrogen (secondary N) is 1. The number of hydrogen-bond donors (Lipinski definition) is 1. The van der Waals surface area contributed by atoms with Crippen LogP contribution in [0.2, 0.25) is 5.28 Å². The van der Waals surface area contributed by atoms with Gasteiger partial charge >= 0.3 is 0 Å². The normalized spacial score (nSPS) is 23.6. The van der Waals surface area contributed by atoms with Crippen molar-refractivity contribution in [2.75, 3.05) is 13.1 Å². The van der Waals surface area contributed by atoms with E-state index in [1.165, 1.54) is 18.7 Å². The summed E-state index contributed by atoms with van der Waals surface area (Å²) in [5, 5.41) is 0.503. The van der Waals surface area contributed by atoms with Crippen molar-refractivity contribution < 1.29 is 0 Å². The van der Waals surface area contributed by atoms with Gasteiger partial charge in [-0.05, 0) is 38.4 Å². The molecule has 78 valence electrons. The Balaban J connectivity index is 2.02. The molecular weight excluding hydrogens is 198 g/mol. The number of imidazole rings is 1. The zero-order valence-electron chi connectivity index (χ0n) is 8.63. The van der Waals surface area contributed by atoms with Crippen molar-refractivity contribution in [1.29, 1.82) is 0 Å². The van der Waals surface area contributed by atoms with Crippen molar-refractivity contribution in [3.8, 4) is 0 Å². The van der Waals surface area contributed by atoms with Crippen LogP contribution in [0.5, 0.6) is 0 Å². The van der Waals surface area contributed by atoms with Crippen LogP contribution in [0, 0.1) is 0 Å². The van der Waals surface area contributed by atoms with E-state index >= 15 is 0 Å². The second-order valence-electron chi connectivity index (χ2n) is 4.20. The highest BCUT2D eigenvalue weighted by Gasteiger charge is 2.26. The largest absolute Gasteiger partial charge is 0.332 e. The van der Waals surface area contributed by atoms with Gasteiger partial charge in [-0.25, -0.2) is 4.98 Å². The summed E-state index contributed by atoms with van der Waals surface area (Å²) in [7, 11) is 0. The first-order chi connectivity index (χ1) is 6.66. The number of rotatable bonds is 2. The van der Waals surface area contributed by atoms with Gasteiger partial charge in [-0.15, -0.1) is 0 Å². The van der Waals surface area contributed by atoms with Crippen LogP contribution in [0.25, 0.3) is 0 Å². The van der Waals surface area contributed by atoms with E-state index in [4.69, 9.17) is 11.6 Å². The van der Waals surface area contributed by atoms with Crippen LogP contribution in [0.3, 0.4) is 0 Å². The van der Waals surface area contributed by atoms with Gasteiger partial charge in [-0.1, -0.05) is 0 Å². The summed E-state index contributed by atoms with van der Waals surface area (Å²) in [4.78, 5) is 9.61. The predicted octanol–water partition coefficient (Wildman–Crippen LogP) is 2.26. The van der Waals surface area contributed by atoms with Crippen LogP contribution in [-0.4, -0.2) is 34.0 Å². The first-order valence-corrected chi connectivity index (χ1v) is 5.49. The van der Waals surface area contributed by atoms with Gasteiger partial charge in [-0.2, -0.15) is 0 Å². The summed E-state index contributed by atoms with van der Waals surface area (Å²) in [6.07, 6.45) is 3.06. The molecule has 3 nitrogen and oxygen atoms in total. The Bertz CT molecular complexity index is 308. The Morgan fingerprint density at radius 3 is 2.93 bits per heavy atom. The molecule has 1 saturated heterocycles. The maximum atomic E-state index is 5.76. The van der Waals surface area contributed by atoms with Gasteiger partial charge in [0.15, 0.2) is 5.28 Å². The van der Waals surface area contributed by atoms with E-state index in [9.17, 15) is 0 Å². The van der Waals surface area contributed by atoms with Crippen molar-refractivity contribution in [1.82, 2.24) is 14.9 Å². The molecular formula is C10H16ClN3. The second kappa shape index (κ2) is 3.91. The first-order valence-electron chi connectivity index (χ1n) is 5.11. The smallest absolute Gasteiger partial charge is 0.200 e. The molecule has 0 spiro atoms. The number of nitrogens with zero attached hydrogens (tertiary/aromatic N) is 2. The summed E-state index contributed by atoms with van der Waals surface area (Å²) in [5.74, 6) is 0.581. The molecule has 1 fully saturated rings. The van der Waals surface area contributed by atoms with Crippen molar-refractivity contribution in [2.24, 2.45) is 0 Å². The summed E-state index contributed by atoms with van der Waals surface area (Å²) < 4.78 is 0. The van der Waals surface area contributed by atoms with E-state index in [1.807, 2.05) is 6.20 Å². The fourth-order valence-electron chi connectivity index (χ4n) is 2.03. The molecule has 1 aromatic heterocycles. The number of aromatic nitrogens is 2. The number of halogens is 1. The standard InChI is InChI=1S/C10H16ClN3/c1-7(2)14-4-3-8(6-14)9-5-12-10(11)13-9/h5,7-8H,3-4,6H2,1-2H3,(H,12,13). The van der Waals surface area contributed by atoms with Crippen molar-refractivity contribution >= 4 is 11.6 Å². The highest BCUT2D eigenvalue weighted by Crippen LogP contribution is 2.27. The molecule has 1 aliphatic heterocycles. The molecule has 4 heteroatoms. The fraction of sp³-hybridized carbons (Fsp3) is 0.700. The quantitative estimate of drug-likeness (QED) is 0.818. The zero-order valence-corrected chi connectivity index (χ0v) is 9.38. The Hall–Kier alpha value is -0.540. The molecule has 1 atom stereocenters. The number of aromatic amines is 1. The third-order valence-electron chi connectivity index (χ3n) is 2.95. The Morgan fingerprint density at radius 1 is 1.64 bits per heavy atom. The molecule has 2 heterocycles. The average Bonchev–Trinajstić information content (AvgIpc) is 2.70. The molecule has 0 aromatic carbocycles. The number of hydrogen-bond acceptors (Lipinski definition) is 2. The minimum Gasteiger partial charge on any atom is -0.332 e. The average molecular weight is 214 g/mol. The Kier molecular flexibility index (Phi) is 2.79. The minimum atomic E-state index is 0.503. The first kappa shape index (κ1) is 9.99. The molecule has 14 heavy (non-hydrogen) atoms. The summed E-state index contributed by atoms with van der Waals surface area (Å²) in [5.41, 5.74) is 1.18. The fourth-order valence-corrected chi connectivity index (χ4v) is 2.19. The van der Waals surface area contributed by atoms with E-state index in [0.29, 0.717) is 17.2 Å². The lowest BCUT2D eigenvalue weighted by molar-refractivity contribution is 0.272. The maximum Gasteiger partial charge on any atom is 0.200 e. The van der Waals surface area contributed by atoms with E-state index in [0.717, 1.165) is 6.54 Å². The molecule has 0 saturated carbocycles. The van der Waals surface area contributed by atoms with Gasteiger partial charge in [0.2, 0.25) is 0 Å².